The van der Waals surface area contributed by atoms with E-state index in [9.17, 15) is 0 Å². The van der Waals surface area contributed by atoms with Gasteiger partial charge in [-0.3, -0.25) is 0 Å². The van der Waals surface area contributed by atoms with Crippen LogP contribution in [0, 0.1) is 5.92 Å². The summed E-state index contributed by atoms with van der Waals surface area (Å²) < 4.78 is 18.1. The van der Waals surface area contributed by atoms with Crippen LogP contribution in [0.4, 0.5) is 0 Å². The van der Waals surface area contributed by atoms with Gasteiger partial charge in [-0.1, -0.05) is 49.6 Å². The molecule has 1 aliphatic carbocycles. The van der Waals surface area contributed by atoms with Crippen LogP contribution in [-0.2, 0) is 20.8 Å². The van der Waals surface area contributed by atoms with Crippen molar-refractivity contribution >= 4 is 0 Å². The molecule has 2 aliphatic heterocycles. The Morgan fingerprint density at radius 1 is 0.958 bits per heavy atom. The van der Waals surface area contributed by atoms with Gasteiger partial charge in [-0.05, 0) is 30.9 Å². The van der Waals surface area contributed by atoms with E-state index in [1.807, 2.05) is 18.2 Å². The molecule has 3 fully saturated rings. The third kappa shape index (κ3) is 3.83. The Hall–Kier alpha value is -0.940. The Morgan fingerprint density at radius 2 is 1.75 bits per heavy atom. The van der Waals surface area contributed by atoms with Crippen LogP contribution in [0.5, 0.6) is 0 Å². The second-order valence-electron chi connectivity index (χ2n) is 7.45. The van der Waals surface area contributed by atoms with Gasteiger partial charge in [-0.15, -0.1) is 0 Å². The zero-order valence-corrected chi connectivity index (χ0v) is 14.4. The minimum absolute atomic E-state index is 0.0525. The average molecular weight is 331 g/mol. The molecule has 4 heteroatoms. The summed E-state index contributed by atoms with van der Waals surface area (Å²) in [6.45, 7) is 3.12. The minimum Gasteiger partial charge on any atom is -0.371 e. The Morgan fingerprint density at radius 3 is 2.58 bits per heavy atom. The highest BCUT2D eigenvalue weighted by molar-refractivity contribution is 5.13. The van der Waals surface area contributed by atoms with Gasteiger partial charge in [0.25, 0.3) is 0 Å². The molecule has 2 heterocycles. The van der Waals surface area contributed by atoms with Crippen LogP contribution in [0.3, 0.4) is 0 Å². The molecule has 132 valence electrons. The lowest BCUT2D eigenvalue weighted by Gasteiger charge is -2.25. The Kier molecular flexibility index (Phi) is 5.48. The minimum atomic E-state index is 0.0525. The van der Waals surface area contributed by atoms with Crippen molar-refractivity contribution in [2.75, 3.05) is 19.8 Å². The molecule has 1 aromatic rings. The van der Waals surface area contributed by atoms with Crippen molar-refractivity contribution in [2.45, 2.75) is 63.1 Å². The monoisotopic (exact) mass is 331 g/mol. The first-order valence-corrected chi connectivity index (χ1v) is 9.52. The summed E-state index contributed by atoms with van der Waals surface area (Å²) in [6.07, 6.45) is 7.23. The SMILES string of the molecule is c1ccc(CO[C@@H]2CO[C@H]3[C@@H]2OC[C@@H]3NCC2CCCCC2)cc1. The number of rotatable bonds is 6. The fourth-order valence-electron chi connectivity index (χ4n) is 4.27. The van der Waals surface area contributed by atoms with Crippen LogP contribution in [0.15, 0.2) is 30.3 Å². The Bertz CT molecular complexity index is 503. The zero-order valence-electron chi connectivity index (χ0n) is 14.4. The first-order valence-electron chi connectivity index (χ1n) is 9.52. The third-order valence-electron chi connectivity index (χ3n) is 5.71. The van der Waals surface area contributed by atoms with Crippen molar-refractivity contribution in [1.82, 2.24) is 5.32 Å². The predicted molar refractivity (Wildman–Crippen MR) is 92.9 cm³/mol. The van der Waals surface area contributed by atoms with Crippen LogP contribution in [-0.4, -0.2) is 44.1 Å². The third-order valence-corrected chi connectivity index (χ3v) is 5.71. The Balaban J connectivity index is 1.24. The second kappa shape index (κ2) is 7.96. The molecule has 2 saturated heterocycles. The van der Waals surface area contributed by atoms with E-state index in [1.165, 1.54) is 37.7 Å². The molecule has 0 spiro atoms. The van der Waals surface area contributed by atoms with Crippen molar-refractivity contribution in [2.24, 2.45) is 5.92 Å². The summed E-state index contributed by atoms with van der Waals surface area (Å²) in [4.78, 5) is 0. The van der Waals surface area contributed by atoms with Gasteiger partial charge in [-0.2, -0.15) is 0 Å². The first-order chi connectivity index (χ1) is 11.9. The molecule has 4 nitrogen and oxygen atoms in total. The second-order valence-corrected chi connectivity index (χ2v) is 7.45. The smallest absolute Gasteiger partial charge is 0.114 e. The molecule has 0 amide bonds. The number of hydrogen-bond donors (Lipinski definition) is 1. The molecule has 4 rings (SSSR count). The highest BCUT2D eigenvalue weighted by atomic mass is 16.6. The van der Waals surface area contributed by atoms with Gasteiger partial charge in [0, 0.05) is 0 Å². The molecule has 1 aromatic carbocycles. The van der Waals surface area contributed by atoms with Crippen molar-refractivity contribution in [3.8, 4) is 0 Å². The van der Waals surface area contributed by atoms with Crippen LogP contribution >= 0.6 is 0 Å². The van der Waals surface area contributed by atoms with Crippen LogP contribution < -0.4 is 5.32 Å². The van der Waals surface area contributed by atoms with E-state index in [1.54, 1.807) is 0 Å². The van der Waals surface area contributed by atoms with E-state index in [0.29, 0.717) is 19.3 Å². The van der Waals surface area contributed by atoms with Crippen molar-refractivity contribution in [3.63, 3.8) is 0 Å². The molecule has 0 unspecified atom stereocenters. The molecule has 0 aromatic heterocycles. The van der Waals surface area contributed by atoms with Gasteiger partial charge < -0.3 is 19.5 Å². The van der Waals surface area contributed by atoms with Gasteiger partial charge in [0.1, 0.15) is 18.3 Å². The summed E-state index contributed by atoms with van der Waals surface area (Å²) in [7, 11) is 0. The van der Waals surface area contributed by atoms with Crippen LogP contribution in [0.1, 0.15) is 37.7 Å². The van der Waals surface area contributed by atoms with E-state index in [2.05, 4.69) is 17.4 Å². The van der Waals surface area contributed by atoms with Crippen molar-refractivity contribution < 1.29 is 14.2 Å². The van der Waals surface area contributed by atoms with Gasteiger partial charge in [0.05, 0.1) is 25.9 Å². The summed E-state index contributed by atoms with van der Waals surface area (Å²) in [5, 5.41) is 3.71. The fourth-order valence-corrected chi connectivity index (χ4v) is 4.27. The standard InChI is InChI=1S/C20H29NO3/c1-3-7-15(8-4-1)11-21-17-13-23-20-18(14-24-19(17)20)22-12-16-9-5-2-6-10-16/h2,5-6,9-10,15,17-21H,1,3-4,7-8,11-14H2/t17-,18+,19+,20+/m0/s1. The lowest BCUT2D eigenvalue weighted by atomic mass is 9.89. The van der Waals surface area contributed by atoms with E-state index >= 15 is 0 Å². The molecule has 4 atom stereocenters. The average Bonchev–Trinajstić information content (AvgIpc) is 3.22. The van der Waals surface area contributed by atoms with E-state index in [-0.39, 0.29) is 18.3 Å². The molecule has 0 radical (unpaired) electrons. The van der Waals surface area contributed by atoms with Crippen molar-refractivity contribution in [3.05, 3.63) is 35.9 Å². The molecular formula is C20H29NO3. The summed E-state index contributed by atoms with van der Waals surface area (Å²) in [5.41, 5.74) is 1.20. The van der Waals surface area contributed by atoms with Gasteiger partial charge >= 0.3 is 0 Å². The van der Waals surface area contributed by atoms with E-state index in [0.717, 1.165) is 19.1 Å². The number of benzene rings is 1. The normalized spacial score (nSPS) is 33.7. The number of nitrogens with one attached hydrogen (secondary N) is 1. The quantitative estimate of drug-likeness (QED) is 0.870. The van der Waals surface area contributed by atoms with Gasteiger partial charge in [-0.25, -0.2) is 0 Å². The summed E-state index contributed by atoms with van der Waals surface area (Å²) in [6, 6.07) is 10.6. The molecule has 0 bridgehead atoms. The number of fused-ring (bicyclic) bond motifs is 1. The van der Waals surface area contributed by atoms with Crippen molar-refractivity contribution in [1.29, 1.82) is 0 Å². The molecule has 24 heavy (non-hydrogen) atoms. The van der Waals surface area contributed by atoms with Crippen LogP contribution in [0.2, 0.25) is 0 Å². The Labute approximate surface area is 144 Å². The topological polar surface area (TPSA) is 39.7 Å². The highest BCUT2D eigenvalue weighted by Crippen LogP contribution is 2.30. The molecule has 1 N–H and O–H groups in total. The summed E-state index contributed by atoms with van der Waals surface area (Å²) in [5.74, 6) is 0.837. The van der Waals surface area contributed by atoms with Gasteiger partial charge in [0.2, 0.25) is 0 Å². The molecule has 1 saturated carbocycles. The highest BCUT2D eigenvalue weighted by Gasteiger charge is 2.48. The van der Waals surface area contributed by atoms with Gasteiger partial charge in [0.15, 0.2) is 0 Å². The fraction of sp³-hybridized carbons (Fsp3) is 0.700. The number of ether oxygens (including phenoxy) is 3. The molecule has 3 aliphatic rings. The maximum absolute atomic E-state index is 6.07. The maximum Gasteiger partial charge on any atom is 0.114 e. The largest absolute Gasteiger partial charge is 0.371 e. The van der Waals surface area contributed by atoms with E-state index < -0.39 is 0 Å². The molecular weight excluding hydrogens is 302 g/mol. The lowest BCUT2D eigenvalue weighted by Crippen LogP contribution is -2.43. The predicted octanol–water partition coefficient (Wildman–Crippen LogP) is 2.91. The number of hydrogen-bond acceptors (Lipinski definition) is 4. The van der Waals surface area contributed by atoms with E-state index in [4.69, 9.17) is 14.2 Å². The zero-order chi connectivity index (χ0) is 16.2. The van der Waals surface area contributed by atoms with Crippen LogP contribution in [0.25, 0.3) is 0 Å². The maximum atomic E-state index is 6.07. The lowest BCUT2D eigenvalue weighted by molar-refractivity contribution is -0.0393. The first kappa shape index (κ1) is 16.5. The summed E-state index contributed by atoms with van der Waals surface area (Å²) >= 11 is 0.